The van der Waals surface area contributed by atoms with E-state index in [1.807, 2.05) is 30.4 Å². The van der Waals surface area contributed by atoms with Gasteiger partial charge in [-0.1, -0.05) is 29.8 Å². The van der Waals surface area contributed by atoms with E-state index in [4.69, 9.17) is 4.98 Å². The predicted octanol–water partition coefficient (Wildman–Crippen LogP) is 4.18. The van der Waals surface area contributed by atoms with Crippen LogP contribution in [0.15, 0.2) is 42.5 Å². The first-order valence-corrected chi connectivity index (χ1v) is 9.15. The molecule has 0 aliphatic rings. The number of hydrogen-bond donors (Lipinski definition) is 2. The number of aromatic hydroxyl groups is 1. The van der Waals surface area contributed by atoms with Gasteiger partial charge in [-0.25, -0.2) is 9.97 Å². The molecule has 0 spiro atoms. The molecule has 0 atom stereocenters. The molecule has 0 radical (unpaired) electrons. The van der Waals surface area contributed by atoms with Crippen molar-refractivity contribution in [3.63, 3.8) is 0 Å². The van der Waals surface area contributed by atoms with Crippen LogP contribution in [0.2, 0.25) is 0 Å². The van der Waals surface area contributed by atoms with Gasteiger partial charge in [0, 0.05) is 11.9 Å². The van der Waals surface area contributed by atoms with Gasteiger partial charge in [-0.15, -0.1) is 0 Å². The fraction of sp³-hybridized carbons (Fsp3) is 0.273. The minimum atomic E-state index is 0.258. The molecule has 140 valence electrons. The van der Waals surface area contributed by atoms with Crippen LogP contribution in [0.5, 0.6) is 5.75 Å². The topological polar surface area (TPSA) is 61.3 Å². The van der Waals surface area contributed by atoms with Crippen LogP contribution in [0.1, 0.15) is 23.4 Å². The van der Waals surface area contributed by atoms with E-state index < -0.39 is 0 Å². The van der Waals surface area contributed by atoms with E-state index in [0.29, 0.717) is 5.82 Å². The highest BCUT2D eigenvalue weighted by Crippen LogP contribution is 2.22. The minimum Gasteiger partial charge on any atom is -0.508 e. The van der Waals surface area contributed by atoms with Gasteiger partial charge in [0.25, 0.3) is 0 Å². The molecule has 1 heterocycles. The largest absolute Gasteiger partial charge is 0.508 e. The average Bonchev–Trinajstić information content (AvgIpc) is 2.65. The van der Waals surface area contributed by atoms with Crippen LogP contribution in [-0.2, 0) is 0 Å². The Balaban J connectivity index is 1.86. The smallest absolute Gasteiger partial charge is 0.154 e. The molecule has 2 aromatic carbocycles. The Hall–Kier alpha value is -2.92. The Kier molecular flexibility index (Phi) is 6.04. The number of phenolic OH excluding ortho intramolecular Hbond substituents is 1. The Morgan fingerprint density at radius 1 is 1.04 bits per heavy atom. The van der Waals surface area contributed by atoms with E-state index in [2.05, 4.69) is 48.4 Å². The maximum atomic E-state index is 9.40. The molecule has 0 unspecified atom stereocenters. The van der Waals surface area contributed by atoms with Crippen molar-refractivity contribution in [1.82, 2.24) is 14.9 Å². The Bertz CT molecular complexity index is 933. The molecule has 0 aliphatic heterocycles. The summed E-state index contributed by atoms with van der Waals surface area (Å²) in [4.78, 5) is 11.6. The standard InChI is InChI=1S/C22H26N4O/c1-16-5-11-20-19(15-16)22(23-13-4-14-26(2)3)25-21(24-20)12-8-17-6-9-18(27)10-7-17/h5-12,15,27H,4,13-14H2,1-3H3,(H,23,24,25)/b12-8+. The maximum absolute atomic E-state index is 9.40. The molecule has 2 N–H and O–H groups in total. The number of rotatable bonds is 7. The molecule has 0 fully saturated rings. The van der Waals surface area contributed by atoms with Crippen molar-refractivity contribution in [2.24, 2.45) is 0 Å². The van der Waals surface area contributed by atoms with Crippen LogP contribution in [0.3, 0.4) is 0 Å². The summed E-state index contributed by atoms with van der Waals surface area (Å²) in [5.41, 5.74) is 3.10. The molecule has 3 rings (SSSR count). The van der Waals surface area contributed by atoms with E-state index in [0.717, 1.165) is 41.8 Å². The summed E-state index contributed by atoms with van der Waals surface area (Å²) in [7, 11) is 4.16. The SMILES string of the molecule is Cc1ccc2nc(/C=C/c3ccc(O)cc3)nc(NCCCN(C)C)c2c1. The van der Waals surface area contributed by atoms with Crippen molar-refractivity contribution in [3.8, 4) is 5.75 Å². The van der Waals surface area contributed by atoms with Crippen LogP contribution in [0.25, 0.3) is 23.1 Å². The summed E-state index contributed by atoms with van der Waals surface area (Å²) in [5.74, 6) is 1.79. The number of anilines is 1. The maximum Gasteiger partial charge on any atom is 0.154 e. The van der Waals surface area contributed by atoms with Crippen molar-refractivity contribution in [3.05, 3.63) is 59.4 Å². The summed E-state index contributed by atoms with van der Waals surface area (Å²) < 4.78 is 0. The number of phenols is 1. The summed E-state index contributed by atoms with van der Waals surface area (Å²) in [6, 6.07) is 13.3. The first-order chi connectivity index (χ1) is 13.0. The summed E-state index contributed by atoms with van der Waals surface area (Å²) in [6.07, 6.45) is 4.89. The lowest BCUT2D eigenvalue weighted by molar-refractivity contribution is 0.405. The molecule has 5 nitrogen and oxygen atoms in total. The average molecular weight is 362 g/mol. The molecule has 0 bridgehead atoms. The summed E-state index contributed by atoms with van der Waals surface area (Å²) in [6.45, 7) is 3.97. The predicted molar refractivity (Wildman–Crippen MR) is 113 cm³/mol. The van der Waals surface area contributed by atoms with Crippen molar-refractivity contribution in [1.29, 1.82) is 0 Å². The molecule has 0 saturated heterocycles. The second kappa shape index (κ2) is 8.64. The number of fused-ring (bicyclic) bond motifs is 1. The number of aromatic nitrogens is 2. The van der Waals surface area contributed by atoms with E-state index in [1.165, 1.54) is 5.56 Å². The third kappa shape index (κ3) is 5.28. The van der Waals surface area contributed by atoms with Crippen LogP contribution in [-0.4, -0.2) is 47.2 Å². The number of nitrogens with zero attached hydrogens (tertiary/aromatic N) is 3. The molecule has 0 aliphatic carbocycles. The van der Waals surface area contributed by atoms with Gasteiger partial charge >= 0.3 is 0 Å². The summed E-state index contributed by atoms with van der Waals surface area (Å²) in [5, 5.41) is 13.9. The second-order valence-electron chi connectivity index (χ2n) is 6.96. The van der Waals surface area contributed by atoms with Crippen molar-refractivity contribution in [2.75, 3.05) is 32.5 Å². The van der Waals surface area contributed by atoms with Gasteiger partial charge in [-0.3, -0.25) is 0 Å². The Morgan fingerprint density at radius 3 is 2.56 bits per heavy atom. The highest BCUT2D eigenvalue weighted by atomic mass is 16.3. The molecule has 0 amide bonds. The first kappa shape index (κ1) is 18.9. The zero-order valence-corrected chi connectivity index (χ0v) is 16.1. The molecule has 27 heavy (non-hydrogen) atoms. The first-order valence-electron chi connectivity index (χ1n) is 9.15. The molecule has 3 aromatic rings. The van der Waals surface area contributed by atoms with Crippen LogP contribution in [0, 0.1) is 6.92 Å². The lowest BCUT2D eigenvalue weighted by Crippen LogP contribution is -2.17. The highest BCUT2D eigenvalue weighted by molar-refractivity contribution is 5.90. The Labute approximate surface area is 160 Å². The zero-order valence-electron chi connectivity index (χ0n) is 16.1. The van der Waals surface area contributed by atoms with E-state index in [9.17, 15) is 5.11 Å². The van der Waals surface area contributed by atoms with Gasteiger partial charge in [-0.2, -0.15) is 0 Å². The highest BCUT2D eigenvalue weighted by Gasteiger charge is 2.07. The second-order valence-corrected chi connectivity index (χ2v) is 6.96. The number of benzene rings is 2. The van der Waals surface area contributed by atoms with Crippen LogP contribution in [0.4, 0.5) is 5.82 Å². The number of nitrogens with one attached hydrogen (secondary N) is 1. The van der Waals surface area contributed by atoms with E-state index >= 15 is 0 Å². The quantitative estimate of drug-likeness (QED) is 0.618. The third-order valence-electron chi connectivity index (χ3n) is 4.26. The third-order valence-corrected chi connectivity index (χ3v) is 4.26. The molecule has 1 aromatic heterocycles. The van der Waals surface area contributed by atoms with Crippen molar-refractivity contribution < 1.29 is 5.11 Å². The fourth-order valence-electron chi connectivity index (χ4n) is 2.83. The van der Waals surface area contributed by atoms with Gasteiger partial charge in [0.05, 0.1) is 5.52 Å². The van der Waals surface area contributed by atoms with Crippen LogP contribution < -0.4 is 5.32 Å². The molecule has 5 heteroatoms. The number of hydrogen-bond acceptors (Lipinski definition) is 5. The van der Waals surface area contributed by atoms with E-state index in [-0.39, 0.29) is 5.75 Å². The van der Waals surface area contributed by atoms with Gasteiger partial charge in [0.15, 0.2) is 5.82 Å². The fourth-order valence-corrected chi connectivity index (χ4v) is 2.83. The lowest BCUT2D eigenvalue weighted by atomic mass is 10.1. The monoisotopic (exact) mass is 362 g/mol. The molecular formula is C22H26N4O. The van der Waals surface area contributed by atoms with Gasteiger partial charge in [-0.05, 0) is 69.9 Å². The Morgan fingerprint density at radius 2 is 1.81 bits per heavy atom. The van der Waals surface area contributed by atoms with Crippen LogP contribution >= 0.6 is 0 Å². The molecular weight excluding hydrogens is 336 g/mol. The zero-order chi connectivity index (χ0) is 19.2. The van der Waals surface area contributed by atoms with Crippen molar-refractivity contribution in [2.45, 2.75) is 13.3 Å². The van der Waals surface area contributed by atoms with Crippen molar-refractivity contribution >= 4 is 28.9 Å². The molecule has 0 saturated carbocycles. The van der Waals surface area contributed by atoms with Gasteiger partial charge < -0.3 is 15.3 Å². The van der Waals surface area contributed by atoms with E-state index in [1.54, 1.807) is 12.1 Å². The van der Waals surface area contributed by atoms with Gasteiger partial charge in [0.2, 0.25) is 0 Å². The normalized spacial score (nSPS) is 11.6. The summed E-state index contributed by atoms with van der Waals surface area (Å²) >= 11 is 0. The minimum absolute atomic E-state index is 0.258. The lowest BCUT2D eigenvalue weighted by Gasteiger charge is -2.12. The van der Waals surface area contributed by atoms with Gasteiger partial charge in [0.1, 0.15) is 11.6 Å². The number of aryl methyl sites for hydroxylation is 1.